The van der Waals surface area contributed by atoms with Gasteiger partial charge < -0.3 is 15.0 Å². The number of hydrogen-bond donors (Lipinski definition) is 1. The van der Waals surface area contributed by atoms with Crippen LogP contribution >= 0.6 is 0 Å². The van der Waals surface area contributed by atoms with Crippen molar-refractivity contribution in [1.82, 2.24) is 15.3 Å². The summed E-state index contributed by atoms with van der Waals surface area (Å²) in [5, 5.41) is 2.69. The highest BCUT2D eigenvalue weighted by molar-refractivity contribution is 6.22. The number of alkyl halides is 2. The Morgan fingerprint density at radius 3 is 2.66 bits per heavy atom. The van der Waals surface area contributed by atoms with Crippen LogP contribution in [0.5, 0.6) is 0 Å². The van der Waals surface area contributed by atoms with E-state index in [-0.39, 0.29) is 17.8 Å². The first-order valence-electron chi connectivity index (χ1n) is 10.2. The number of carbonyl (C=O) groups excluding carboxylic acids is 2. The Balaban J connectivity index is 1.54. The van der Waals surface area contributed by atoms with Crippen molar-refractivity contribution in [3.63, 3.8) is 0 Å². The predicted octanol–water partition coefficient (Wildman–Crippen LogP) is 3.10. The first-order chi connectivity index (χ1) is 15.3. The van der Waals surface area contributed by atoms with E-state index in [4.69, 9.17) is 4.74 Å². The highest BCUT2D eigenvalue weighted by Crippen LogP contribution is 2.27. The lowest BCUT2D eigenvalue weighted by molar-refractivity contribution is -0.113. The molecule has 32 heavy (non-hydrogen) atoms. The van der Waals surface area contributed by atoms with E-state index in [2.05, 4.69) is 20.2 Å². The minimum absolute atomic E-state index is 0.0581. The summed E-state index contributed by atoms with van der Waals surface area (Å²) in [6, 6.07) is 6.02. The number of morpholine rings is 1. The standard InChI is InChI=1S/C23H22F2N4O3/c1-23(24,25)20-12-16(5-6-26-20)22(31)28-17-2-3-19(30)18(14-17)15-4-7-27-21(13-15)29-8-10-32-11-9-29/h2,4-7,12-14H,3,8-11H2,1H3,(H,28,31). The quantitative estimate of drug-likeness (QED) is 0.769. The molecule has 1 aliphatic heterocycles. The fourth-order valence-corrected chi connectivity index (χ4v) is 3.51. The number of ether oxygens (including phenoxy) is 1. The van der Waals surface area contributed by atoms with Crippen LogP contribution in [0.2, 0.25) is 0 Å². The molecule has 2 aliphatic rings. The van der Waals surface area contributed by atoms with Crippen LogP contribution in [0.15, 0.2) is 54.5 Å². The van der Waals surface area contributed by atoms with Gasteiger partial charge in [0.2, 0.25) is 0 Å². The highest BCUT2D eigenvalue weighted by atomic mass is 19.3. The SMILES string of the molecule is CC(F)(F)c1cc(C(=O)NC2=CCC(=O)C(c3ccnc(N4CCOCC4)c3)=C2)ccn1. The zero-order valence-corrected chi connectivity index (χ0v) is 17.5. The van der Waals surface area contributed by atoms with Crippen LogP contribution in [0.1, 0.15) is 35.0 Å². The molecule has 0 aromatic carbocycles. The topological polar surface area (TPSA) is 84.4 Å². The summed E-state index contributed by atoms with van der Waals surface area (Å²) in [4.78, 5) is 35.3. The third-order valence-corrected chi connectivity index (χ3v) is 5.23. The molecule has 3 heterocycles. The molecule has 4 rings (SSSR count). The van der Waals surface area contributed by atoms with Gasteiger partial charge in [0.1, 0.15) is 11.5 Å². The zero-order chi connectivity index (χ0) is 22.7. The third-order valence-electron chi connectivity index (χ3n) is 5.23. The van der Waals surface area contributed by atoms with E-state index in [0.29, 0.717) is 30.0 Å². The summed E-state index contributed by atoms with van der Waals surface area (Å²) in [5.74, 6) is -3.04. The van der Waals surface area contributed by atoms with Crippen LogP contribution in [0.4, 0.5) is 14.6 Å². The first-order valence-corrected chi connectivity index (χ1v) is 10.2. The van der Waals surface area contributed by atoms with Crippen LogP contribution in [-0.4, -0.2) is 48.0 Å². The van der Waals surface area contributed by atoms with Gasteiger partial charge in [-0.2, -0.15) is 8.78 Å². The Labute approximate surface area is 183 Å². The van der Waals surface area contributed by atoms with Gasteiger partial charge in [-0.15, -0.1) is 0 Å². The molecule has 0 radical (unpaired) electrons. The zero-order valence-electron chi connectivity index (χ0n) is 17.5. The Kier molecular flexibility index (Phi) is 6.09. The Morgan fingerprint density at radius 1 is 1.16 bits per heavy atom. The maximum atomic E-state index is 13.5. The minimum atomic E-state index is -3.15. The number of ketones is 1. The van der Waals surface area contributed by atoms with E-state index < -0.39 is 17.5 Å². The van der Waals surface area contributed by atoms with Gasteiger partial charge in [0, 0.05) is 55.7 Å². The fraction of sp³-hybridized carbons (Fsp3) is 0.304. The predicted molar refractivity (Wildman–Crippen MR) is 114 cm³/mol. The van der Waals surface area contributed by atoms with Crippen molar-refractivity contribution in [2.45, 2.75) is 19.3 Å². The molecule has 0 bridgehead atoms. The van der Waals surface area contributed by atoms with Crippen molar-refractivity contribution in [3.05, 3.63) is 71.3 Å². The number of nitrogens with one attached hydrogen (secondary N) is 1. The number of pyridine rings is 2. The van der Waals surface area contributed by atoms with Crippen molar-refractivity contribution in [3.8, 4) is 0 Å². The van der Waals surface area contributed by atoms with Gasteiger partial charge in [-0.05, 0) is 35.9 Å². The van der Waals surface area contributed by atoms with E-state index in [9.17, 15) is 18.4 Å². The molecule has 9 heteroatoms. The Bertz CT molecular complexity index is 1100. The van der Waals surface area contributed by atoms with Crippen LogP contribution in [0.25, 0.3) is 5.57 Å². The molecule has 0 spiro atoms. The molecule has 0 unspecified atom stereocenters. The van der Waals surface area contributed by atoms with Crippen LogP contribution < -0.4 is 10.2 Å². The van der Waals surface area contributed by atoms with Crippen molar-refractivity contribution < 1.29 is 23.1 Å². The van der Waals surface area contributed by atoms with Gasteiger partial charge in [0.05, 0.1) is 13.2 Å². The lowest BCUT2D eigenvalue weighted by Gasteiger charge is -2.28. The largest absolute Gasteiger partial charge is 0.378 e. The number of allylic oxidation sites excluding steroid dienone is 3. The number of anilines is 1. The maximum Gasteiger partial charge on any atom is 0.286 e. The third kappa shape index (κ3) is 4.88. The summed E-state index contributed by atoms with van der Waals surface area (Å²) in [7, 11) is 0. The minimum Gasteiger partial charge on any atom is -0.378 e. The van der Waals surface area contributed by atoms with Gasteiger partial charge in [-0.25, -0.2) is 4.98 Å². The molecule has 2 aromatic heterocycles. The van der Waals surface area contributed by atoms with Gasteiger partial charge in [0.25, 0.3) is 11.8 Å². The highest BCUT2D eigenvalue weighted by Gasteiger charge is 2.27. The molecule has 1 saturated heterocycles. The van der Waals surface area contributed by atoms with Crippen LogP contribution in [0.3, 0.4) is 0 Å². The number of rotatable bonds is 5. The summed E-state index contributed by atoms with van der Waals surface area (Å²) in [6.07, 6.45) is 6.13. The molecule has 1 aliphatic carbocycles. The maximum absolute atomic E-state index is 13.5. The van der Waals surface area contributed by atoms with E-state index in [1.807, 2.05) is 6.07 Å². The van der Waals surface area contributed by atoms with E-state index >= 15 is 0 Å². The van der Waals surface area contributed by atoms with Crippen molar-refractivity contribution in [2.75, 3.05) is 31.2 Å². The van der Waals surface area contributed by atoms with E-state index in [1.54, 1.807) is 24.4 Å². The molecule has 7 nitrogen and oxygen atoms in total. The number of Topliss-reactive ketones (excluding diaryl/α,β-unsaturated/α-hetero) is 1. The number of halogens is 2. The van der Waals surface area contributed by atoms with E-state index in [0.717, 1.165) is 31.9 Å². The lowest BCUT2D eigenvalue weighted by atomic mass is 9.95. The molecule has 1 amide bonds. The first kappa shape index (κ1) is 21.8. The average Bonchev–Trinajstić information content (AvgIpc) is 2.80. The summed E-state index contributed by atoms with van der Waals surface area (Å²) >= 11 is 0. The number of nitrogens with zero attached hydrogens (tertiary/aromatic N) is 3. The van der Waals surface area contributed by atoms with Gasteiger partial charge in [-0.1, -0.05) is 6.08 Å². The van der Waals surface area contributed by atoms with Gasteiger partial charge in [-0.3, -0.25) is 14.6 Å². The fourth-order valence-electron chi connectivity index (χ4n) is 3.51. The Hall–Kier alpha value is -3.46. The number of hydrogen-bond acceptors (Lipinski definition) is 6. The summed E-state index contributed by atoms with van der Waals surface area (Å²) in [5.41, 5.74) is 1.15. The molecular formula is C23H22F2N4O3. The molecule has 0 atom stereocenters. The molecule has 2 aromatic rings. The summed E-state index contributed by atoms with van der Waals surface area (Å²) in [6.45, 7) is 3.40. The Morgan fingerprint density at radius 2 is 1.91 bits per heavy atom. The molecule has 1 fully saturated rings. The van der Waals surface area contributed by atoms with Crippen molar-refractivity contribution >= 4 is 23.1 Å². The number of amides is 1. The van der Waals surface area contributed by atoms with Crippen molar-refractivity contribution in [1.29, 1.82) is 0 Å². The monoisotopic (exact) mass is 440 g/mol. The van der Waals surface area contributed by atoms with Crippen LogP contribution in [-0.2, 0) is 15.5 Å². The summed E-state index contributed by atoms with van der Waals surface area (Å²) < 4.78 is 32.4. The smallest absolute Gasteiger partial charge is 0.286 e. The van der Waals surface area contributed by atoms with Crippen molar-refractivity contribution in [2.24, 2.45) is 0 Å². The van der Waals surface area contributed by atoms with Crippen LogP contribution in [0, 0.1) is 0 Å². The normalized spacial score (nSPS) is 17.0. The van der Waals surface area contributed by atoms with Gasteiger partial charge in [0.15, 0.2) is 5.78 Å². The molecule has 1 N–H and O–H groups in total. The second-order valence-corrected chi connectivity index (χ2v) is 7.62. The molecular weight excluding hydrogens is 418 g/mol. The second-order valence-electron chi connectivity index (χ2n) is 7.62. The number of carbonyl (C=O) groups is 2. The lowest BCUT2D eigenvalue weighted by Crippen LogP contribution is -2.36. The average molecular weight is 440 g/mol. The number of aromatic nitrogens is 2. The van der Waals surface area contributed by atoms with E-state index in [1.165, 1.54) is 12.3 Å². The van der Waals surface area contributed by atoms with Gasteiger partial charge >= 0.3 is 0 Å². The second kappa shape index (κ2) is 8.96. The molecule has 166 valence electrons. The molecule has 0 saturated carbocycles.